The number of benzene rings is 1. The topological polar surface area (TPSA) is 54.5 Å². The van der Waals surface area contributed by atoms with Crippen molar-refractivity contribution < 1.29 is 13.2 Å². The molecule has 5 heteroatoms. The average molecular weight is 335 g/mol. The second-order valence-corrected chi connectivity index (χ2v) is 9.05. The number of nitrogens with zero attached hydrogens (tertiary/aromatic N) is 1. The van der Waals surface area contributed by atoms with Gasteiger partial charge in [-0.2, -0.15) is 0 Å². The van der Waals surface area contributed by atoms with Gasteiger partial charge in [-0.3, -0.25) is 4.79 Å². The Kier molecular flexibility index (Phi) is 4.76. The number of carbonyl (C=O) groups excluding carboxylic acids is 1. The molecule has 1 fully saturated rings. The second-order valence-electron chi connectivity index (χ2n) is 6.82. The molecular formula is C18H25NO3S. The Morgan fingerprint density at radius 2 is 1.96 bits per heavy atom. The van der Waals surface area contributed by atoms with Gasteiger partial charge in [-0.05, 0) is 49.7 Å². The number of rotatable bonds is 4. The third-order valence-electron chi connectivity index (χ3n) is 5.22. The SMILES string of the molecule is CCN(C(=O)CC1CCc2ccccc2C1)C1CCS(=O)(=O)C1. The summed E-state index contributed by atoms with van der Waals surface area (Å²) in [7, 11) is -2.95. The zero-order valence-electron chi connectivity index (χ0n) is 13.7. The summed E-state index contributed by atoms with van der Waals surface area (Å²) in [6, 6.07) is 8.35. The second kappa shape index (κ2) is 6.63. The maximum atomic E-state index is 12.7. The lowest BCUT2D eigenvalue weighted by atomic mass is 9.82. The van der Waals surface area contributed by atoms with Gasteiger partial charge >= 0.3 is 0 Å². The van der Waals surface area contributed by atoms with Gasteiger partial charge < -0.3 is 4.90 Å². The molecule has 1 aromatic carbocycles. The summed E-state index contributed by atoms with van der Waals surface area (Å²) >= 11 is 0. The summed E-state index contributed by atoms with van der Waals surface area (Å²) in [5.74, 6) is 0.863. The fourth-order valence-electron chi connectivity index (χ4n) is 3.97. The summed E-state index contributed by atoms with van der Waals surface area (Å²) in [6.45, 7) is 2.54. The van der Waals surface area contributed by atoms with Crippen molar-refractivity contribution in [3.8, 4) is 0 Å². The van der Waals surface area contributed by atoms with Crippen molar-refractivity contribution >= 4 is 15.7 Å². The molecule has 0 aromatic heterocycles. The Hall–Kier alpha value is -1.36. The first kappa shape index (κ1) is 16.5. The number of fused-ring (bicyclic) bond motifs is 1. The van der Waals surface area contributed by atoms with Crippen LogP contribution in [-0.2, 0) is 27.5 Å². The molecule has 0 bridgehead atoms. The Balaban J connectivity index is 1.62. The van der Waals surface area contributed by atoms with Gasteiger partial charge in [-0.25, -0.2) is 8.42 Å². The molecule has 3 rings (SSSR count). The van der Waals surface area contributed by atoms with Gasteiger partial charge in [0.25, 0.3) is 0 Å². The molecule has 0 saturated carbocycles. The molecule has 1 aliphatic heterocycles. The molecule has 0 N–H and O–H groups in total. The van der Waals surface area contributed by atoms with E-state index in [2.05, 4.69) is 24.3 Å². The minimum absolute atomic E-state index is 0.117. The van der Waals surface area contributed by atoms with Gasteiger partial charge in [0.1, 0.15) is 0 Å². The molecule has 0 spiro atoms. The van der Waals surface area contributed by atoms with E-state index in [-0.39, 0.29) is 23.5 Å². The Bertz CT molecular complexity index is 683. The maximum Gasteiger partial charge on any atom is 0.223 e. The van der Waals surface area contributed by atoms with Crippen LogP contribution in [0.1, 0.15) is 37.3 Å². The number of hydrogen-bond acceptors (Lipinski definition) is 3. The van der Waals surface area contributed by atoms with E-state index >= 15 is 0 Å². The number of aryl methyl sites for hydroxylation is 1. The summed E-state index contributed by atoms with van der Waals surface area (Å²) in [4.78, 5) is 14.5. The largest absolute Gasteiger partial charge is 0.339 e. The molecule has 1 heterocycles. The van der Waals surface area contributed by atoms with Crippen LogP contribution in [0.3, 0.4) is 0 Å². The van der Waals surface area contributed by atoms with Gasteiger partial charge in [0.15, 0.2) is 9.84 Å². The molecule has 2 aliphatic rings. The zero-order chi connectivity index (χ0) is 16.4. The van der Waals surface area contributed by atoms with Gasteiger partial charge in [-0.15, -0.1) is 0 Å². The van der Waals surface area contributed by atoms with E-state index in [4.69, 9.17) is 0 Å². The molecule has 2 atom stereocenters. The predicted octanol–water partition coefficient (Wildman–Crippen LogP) is 2.22. The quantitative estimate of drug-likeness (QED) is 0.848. The van der Waals surface area contributed by atoms with Crippen LogP contribution in [0, 0.1) is 5.92 Å². The summed E-state index contributed by atoms with van der Waals surface area (Å²) < 4.78 is 23.3. The molecule has 1 saturated heterocycles. The monoisotopic (exact) mass is 335 g/mol. The molecule has 1 aromatic rings. The summed E-state index contributed by atoms with van der Waals surface area (Å²) in [5, 5.41) is 0. The van der Waals surface area contributed by atoms with Crippen molar-refractivity contribution in [1.82, 2.24) is 4.90 Å². The standard InChI is InChI=1S/C18H25NO3S/c1-2-19(17-9-10-23(21,22)13-17)18(20)12-14-7-8-15-5-3-4-6-16(15)11-14/h3-6,14,17H,2,7-13H2,1H3. The van der Waals surface area contributed by atoms with Gasteiger partial charge in [0.05, 0.1) is 11.5 Å². The number of hydrogen-bond donors (Lipinski definition) is 0. The van der Waals surface area contributed by atoms with Crippen molar-refractivity contribution in [2.45, 2.75) is 45.1 Å². The van der Waals surface area contributed by atoms with E-state index in [1.807, 2.05) is 6.92 Å². The molecule has 0 radical (unpaired) electrons. The fourth-order valence-corrected chi connectivity index (χ4v) is 5.70. The highest BCUT2D eigenvalue weighted by Crippen LogP contribution is 2.28. The molecule has 1 aliphatic carbocycles. The molecule has 23 heavy (non-hydrogen) atoms. The lowest BCUT2D eigenvalue weighted by molar-refractivity contribution is -0.133. The van der Waals surface area contributed by atoms with Crippen molar-refractivity contribution in [3.05, 3.63) is 35.4 Å². The highest BCUT2D eigenvalue weighted by atomic mass is 32.2. The van der Waals surface area contributed by atoms with Crippen LogP contribution in [0.25, 0.3) is 0 Å². The number of carbonyl (C=O) groups is 1. The smallest absolute Gasteiger partial charge is 0.223 e. The molecule has 4 nitrogen and oxygen atoms in total. The van der Waals surface area contributed by atoms with Crippen LogP contribution in [0.2, 0.25) is 0 Å². The Morgan fingerprint density at radius 3 is 2.61 bits per heavy atom. The first-order chi connectivity index (χ1) is 11.0. The van der Waals surface area contributed by atoms with Gasteiger partial charge in [-0.1, -0.05) is 24.3 Å². The molecular weight excluding hydrogens is 310 g/mol. The van der Waals surface area contributed by atoms with E-state index < -0.39 is 9.84 Å². The van der Waals surface area contributed by atoms with Crippen LogP contribution < -0.4 is 0 Å². The van der Waals surface area contributed by atoms with Gasteiger partial charge in [0.2, 0.25) is 5.91 Å². The van der Waals surface area contributed by atoms with Crippen molar-refractivity contribution in [1.29, 1.82) is 0 Å². The van der Waals surface area contributed by atoms with Crippen LogP contribution in [0.5, 0.6) is 0 Å². The summed E-state index contributed by atoms with van der Waals surface area (Å²) in [6.07, 6.45) is 4.18. The van der Waals surface area contributed by atoms with Gasteiger partial charge in [0, 0.05) is 19.0 Å². The summed E-state index contributed by atoms with van der Waals surface area (Å²) in [5.41, 5.74) is 2.77. The van der Waals surface area contributed by atoms with Crippen LogP contribution in [-0.4, -0.2) is 43.3 Å². The van der Waals surface area contributed by atoms with E-state index in [1.165, 1.54) is 11.1 Å². The number of amides is 1. The third kappa shape index (κ3) is 3.77. The fraction of sp³-hybridized carbons (Fsp3) is 0.611. The third-order valence-corrected chi connectivity index (χ3v) is 6.97. The van der Waals surface area contributed by atoms with Crippen LogP contribution in [0.4, 0.5) is 0 Å². The molecule has 2 unspecified atom stereocenters. The first-order valence-electron chi connectivity index (χ1n) is 8.55. The Morgan fingerprint density at radius 1 is 1.22 bits per heavy atom. The van der Waals surface area contributed by atoms with Crippen molar-refractivity contribution in [3.63, 3.8) is 0 Å². The lowest BCUT2D eigenvalue weighted by Crippen LogP contribution is -2.42. The van der Waals surface area contributed by atoms with Crippen LogP contribution in [0.15, 0.2) is 24.3 Å². The van der Waals surface area contributed by atoms with Crippen LogP contribution >= 0.6 is 0 Å². The Labute approximate surface area is 138 Å². The molecule has 126 valence electrons. The van der Waals surface area contributed by atoms with E-state index in [1.54, 1.807) is 4.90 Å². The maximum absolute atomic E-state index is 12.7. The van der Waals surface area contributed by atoms with E-state index in [9.17, 15) is 13.2 Å². The minimum Gasteiger partial charge on any atom is -0.339 e. The minimum atomic E-state index is -2.95. The average Bonchev–Trinajstić information content (AvgIpc) is 2.87. The predicted molar refractivity (Wildman–Crippen MR) is 91.0 cm³/mol. The highest BCUT2D eigenvalue weighted by molar-refractivity contribution is 7.91. The van der Waals surface area contributed by atoms with Crippen molar-refractivity contribution in [2.75, 3.05) is 18.1 Å². The molecule has 1 amide bonds. The zero-order valence-corrected chi connectivity index (χ0v) is 14.5. The highest BCUT2D eigenvalue weighted by Gasteiger charge is 2.34. The first-order valence-corrected chi connectivity index (χ1v) is 10.4. The van der Waals surface area contributed by atoms with E-state index in [0.29, 0.717) is 25.3 Å². The number of sulfone groups is 1. The van der Waals surface area contributed by atoms with Crippen molar-refractivity contribution in [2.24, 2.45) is 5.92 Å². The van der Waals surface area contributed by atoms with E-state index in [0.717, 1.165) is 19.3 Å². The normalized spacial score (nSPS) is 25.8. The lowest BCUT2D eigenvalue weighted by Gasteiger charge is -2.30.